The highest BCUT2D eigenvalue weighted by molar-refractivity contribution is 7.13. The van der Waals surface area contributed by atoms with E-state index in [1.807, 2.05) is 5.38 Å². The van der Waals surface area contributed by atoms with Crippen molar-refractivity contribution in [2.75, 3.05) is 18.0 Å². The van der Waals surface area contributed by atoms with Crippen LogP contribution in [0.2, 0.25) is 0 Å². The van der Waals surface area contributed by atoms with Crippen LogP contribution in [-0.2, 0) is 6.61 Å². The molecule has 0 amide bonds. The van der Waals surface area contributed by atoms with E-state index < -0.39 is 0 Å². The van der Waals surface area contributed by atoms with Gasteiger partial charge in [-0.25, -0.2) is 4.98 Å². The average molecular weight is 241 g/mol. The summed E-state index contributed by atoms with van der Waals surface area (Å²) in [5, 5.41) is 11.9. The summed E-state index contributed by atoms with van der Waals surface area (Å²) in [6.45, 7) is 4.12. The topological polar surface area (TPSA) is 62.4 Å². The first-order valence-electron chi connectivity index (χ1n) is 5.80. The van der Waals surface area contributed by atoms with E-state index in [1.165, 1.54) is 12.8 Å². The number of aliphatic hydroxyl groups is 1. The van der Waals surface area contributed by atoms with Crippen LogP contribution in [0, 0.1) is 5.92 Å². The summed E-state index contributed by atoms with van der Waals surface area (Å²) in [6, 6.07) is 0.265. The zero-order valence-corrected chi connectivity index (χ0v) is 10.4. The molecule has 3 N–H and O–H groups in total. The first kappa shape index (κ1) is 11.8. The summed E-state index contributed by atoms with van der Waals surface area (Å²) >= 11 is 1.59. The number of anilines is 1. The van der Waals surface area contributed by atoms with E-state index in [9.17, 15) is 0 Å². The van der Waals surface area contributed by atoms with Gasteiger partial charge >= 0.3 is 0 Å². The number of aromatic nitrogens is 1. The highest BCUT2D eigenvalue weighted by Crippen LogP contribution is 2.28. The van der Waals surface area contributed by atoms with Gasteiger partial charge in [-0.3, -0.25) is 0 Å². The van der Waals surface area contributed by atoms with Gasteiger partial charge in [-0.1, -0.05) is 13.3 Å². The second-order valence-corrected chi connectivity index (χ2v) is 5.23. The van der Waals surface area contributed by atoms with Gasteiger partial charge in [-0.2, -0.15) is 0 Å². The second kappa shape index (κ2) is 5.12. The Kier molecular flexibility index (Phi) is 3.78. The Bertz CT molecular complexity index is 342. The molecule has 1 aliphatic heterocycles. The Morgan fingerprint density at radius 1 is 1.62 bits per heavy atom. The maximum atomic E-state index is 8.98. The van der Waals surface area contributed by atoms with Crippen LogP contribution in [-0.4, -0.2) is 29.2 Å². The molecule has 0 spiro atoms. The van der Waals surface area contributed by atoms with Crippen LogP contribution in [0.1, 0.15) is 25.5 Å². The summed E-state index contributed by atoms with van der Waals surface area (Å²) in [6.07, 6.45) is 2.38. The quantitative estimate of drug-likeness (QED) is 0.831. The van der Waals surface area contributed by atoms with Crippen molar-refractivity contribution in [2.24, 2.45) is 11.7 Å². The molecule has 16 heavy (non-hydrogen) atoms. The summed E-state index contributed by atoms with van der Waals surface area (Å²) in [7, 11) is 0. The van der Waals surface area contributed by atoms with Gasteiger partial charge < -0.3 is 15.7 Å². The van der Waals surface area contributed by atoms with E-state index in [2.05, 4.69) is 16.8 Å². The van der Waals surface area contributed by atoms with Crippen molar-refractivity contribution < 1.29 is 5.11 Å². The van der Waals surface area contributed by atoms with Crippen LogP contribution in [0.5, 0.6) is 0 Å². The zero-order chi connectivity index (χ0) is 11.5. The molecule has 0 aromatic carbocycles. The number of aliphatic hydroxyl groups excluding tert-OH is 1. The molecule has 2 atom stereocenters. The van der Waals surface area contributed by atoms with Crippen molar-refractivity contribution in [1.82, 2.24) is 4.98 Å². The molecule has 90 valence electrons. The fourth-order valence-corrected chi connectivity index (χ4v) is 3.08. The lowest BCUT2D eigenvalue weighted by molar-refractivity contribution is 0.277. The Morgan fingerprint density at radius 2 is 2.44 bits per heavy atom. The maximum Gasteiger partial charge on any atom is 0.185 e. The van der Waals surface area contributed by atoms with Crippen LogP contribution >= 0.6 is 11.3 Å². The van der Waals surface area contributed by atoms with Crippen LogP contribution < -0.4 is 10.6 Å². The Hall–Kier alpha value is -0.650. The van der Waals surface area contributed by atoms with Gasteiger partial charge in [0.25, 0.3) is 0 Å². The fraction of sp³-hybridized carbons (Fsp3) is 0.727. The predicted molar refractivity (Wildman–Crippen MR) is 66.6 cm³/mol. The minimum absolute atomic E-state index is 0.0226. The largest absolute Gasteiger partial charge is 0.390 e. The molecule has 2 heterocycles. The molecule has 1 fully saturated rings. The van der Waals surface area contributed by atoms with E-state index in [0.717, 1.165) is 23.9 Å². The normalized spacial score (nSPS) is 25.3. The lowest BCUT2D eigenvalue weighted by Crippen LogP contribution is -2.29. The van der Waals surface area contributed by atoms with E-state index >= 15 is 0 Å². The molecule has 0 radical (unpaired) electrons. The van der Waals surface area contributed by atoms with Crippen molar-refractivity contribution in [1.29, 1.82) is 0 Å². The standard InChI is InChI=1S/C11H19N3OS/c1-2-3-8-4-14(5-10(8)12)11-13-9(6-15)7-16-11/h7-8,10,15H,2-6,12H2,1H3/t8-,10-/m0/s1. The Balaban J connectivity index is 2.01. The number of hydrogen-bond donors (Lipinski definition) is 2. The molecule has 0 unspecified atom stereocenters. The van der Waals surface area contributed by atoms with Crippen LogP contribution in [0.4, 0.5) is 5.13 Å². The SMILES string of the molecule is CCC[C@H]1CN(c2nc(CO)cs2)C[C@@H]1N. The lowest BCUT2D eigenvalue weighted by Gasteiger charge is -2.14. The molecular formula is C11H19N3OS. The van der Waals surface area contributed by atoms with Crippen molar-refractivity contribution in [3.8, 4) is 0 Å². The van der Waals surface area contributed by atoms with Crippen molar-refractivity contribution >= 4 is 16.5 Å². The first-order valence-corrected chi connectivity index (χ1v) is 6.68. The molecule has 2 rings (SSSR count). The van der Waals surface area contributed by atoms with Gasteiger partial charge in [0, 0.05) is 24.5 Å². The molecule has 0 bridgehead atoms. The van der Waals surface area contributed by atoms with E-state index in [0.29, 0.717) is 5.92 Å². The summed E-state index contributed by atoms with van der Waals surface area (Å²) in [4.78, 5) is 6.62. The van der Waals surface area contributed by atoms with E-state index in [1.54, 1.807) is 11.3 Å². The summed E-state index contributed by atoms with van der Waals surface area (Å²) in [5.74, 6) is 0.589. The molecule has 0 saturated carbocycles. The Labute approximate surface area is 100 Å². The van der Waals surface area contributed by atoms with Gasteiger partial charge in [0.05, 0.1) is 12.3 Å². The van der Waals surface area contributed by atoms with Gasteiger partial charge in [0.15, 0.2) is 5.13 Å². The van der Waals surface area contributed by atoms with Crippen LogP contribution in [0.15, 0.2) is 5.38 Å². The molecule has 1 aromatic heterocycles. The van der Waals surface area contributed by atoms with Crippen LogP contribution in [0.25, 0.3) is 0 Å². The molecule has 0 aliphatic carbocycles. The van der Waals surface area contributed by atoms with Gasteiger partial charge in [0.2, 0.25) is 0 Å². The minimum atomic E-state index is 0.0226. The molecule has 4 nitrogen and oxygen atoms in total. The molecule has 1 aliphatic rings. The monoisotopic (exact) mass is 241 g/mol. The number of hydrogen-bond acceptors (Lipinski definition) is 5. The summed E-state index contributed by atoms with van der Waals surface area (Å²) in [5.41, 5.74) is 6.87. The third kappa shape index (κ3) is 2.36. The summed E-state index contributed by atoms with van der Waals surface area (Å²) < 4.78 is 0. The minimum Gasteiger partial charge on any atom is -0.390 e. The third-order valence-electron chi connectivity index (χ3n) is 3.12. The fourth-order valence-electron chi connectivity index (χ4n) is 2.24. The number of nitrogens with two attached hydrogens (primary N) is 1. The Morgan fingerprint density at radius 3 is 3.06 bits per heavy atom. The molecule has 1 aromatic rings. The van der Waals surface area contributed by atoms with Crippen LogP contribution in [0.3, 0.4) is 0 Å². The smallest absolute Gasteiger partial charge is 0.185 e. The van der Waals surface area contributed by atoms with Crippen molar-refractivity contribution in [2.45, 2.75) is 32.4 Å². The van der Waals surface area contributed by atoms with E-state index in [-0.39, 0.29) is 12.6 Å². The molecule has 5 heteroatoms. The van der Waals surface area contributed by atoms with E-state index in [4.69, 9.17) is 10.8 Å². The highest BCUT2D eigenvalue weighted by Gasteiger charge is 2.30. The van der Waals surface area contributed by atoms with Gasteiger partial charge in [-0.15, -0.1) is 11.3 Å². The molecule has 1 saturated heterocycles. The van der Waals surface area contributed by atoms with Crippen molar-refractivity contribution in [3.63, 3.8) is 0 Å². The number of nitrogens with zero attached hydrogens (tertiary/aromatic N) is 2. The zero-order valence-electron chi connectivity index (χ0n) is 9.59. The third-order valence-corrected chi connectivity index (χ3v) is 4.07. The highest BCUT2D eigenvalue weighted by atomic mass is 32.1. The predicted octanol–water partition coefficient (Wildman–Crippen LogP) is 1.20. The average Bonchev–Trinajstić information content (AvgIpc) is 2.86. The number of thiazole rings is 1. The van der Waals surface area contributed by atoms with Gasteiger partial charge in [0.1, 0.15) is 0 Å². The number of rotatable bonds is 4. The second-order valence-electron chi connectivity index (χ2n) is 4.40. The van der Waals surface area contributed by atoms with Crippen molar-refractivity contribution in [3.05, 3.63) is 11.1 Å². The lowest BCUT2D eigenvalue weighted by atomic mass is 9.99. The first-order chi connectivity index (χ1) is 7.74. The van der Waals surface area contributed by atoms with Gasteiger partial charge in [-0.05, 0) is 12.3 Å². The maximum absolute atomic E-state index is 8.98. The molecular weight excluding hydrogens is 222 g/mol.